The largest absolute Gasteiger partial charge is 0.474 e. The van der Waals surface area contributed by atoms with Gasteiger partial charge in [-0.2, -0.15) is 5.10 Å². The third kappa shape index (κ3) is 4.16. The van der Waals surface area contributed by atoms with Crippen LogP contribution in [0.1, 0.15) is 39.7 Å². The Morgan fingerprint density at radius 1 is 1.46 bits per heavy atom. The average molecular weight is 384 g/mol. The molecule has 1 fully saturated rings. The Morgan fingerprint density at radius 2 is 2.21 bits per heavy atom. The van der Waals surface area contributed by atoms with Gasteiger partial charge in [-0.05, 0) is 33.8 Å². The SMILES string of the molecule is CN=Cc1c(N)cc(-c2cnn(C(C)(C)C)c2)nc1O[C@H](C)[C@H]1CNC(=O)C1. The van der Waals surface area contributed by atoms with Crippen LogP contribution < -0.4 is 15.8 Å². The van der Waals surface area contributed by atoms with Gasteiger partial charge in [0.2, 0.25) is 11.8 Å². The Morgan fingerprint density at radius 3 is 2.79 bits per heavy atom. The lowest BCUT2D eigenvalue weighted by Crippen LogP contribution is -2.26. The van der Waals surface area contributed by atoms with Gasteiger partial charge in [0, 0.05) is 49.6 Å². The number of hydrogen-bond donors (Lipinski definition) is 2. The van der Waals surface area contributed by atoms with Crippen LogP contribution in [0.2, 0.25) is 0 Å². The highest BCUT2D eigenvalue weighted by Gasteiger charge is 2.29. The quantitative estimate of drug-likeness (QED) is 0.769. The number of carbonyl (C=O) groups excluding carboxylic acids is 1. The highest BCUT2D eigenvalue weighted by atomic mass is 16.5. The van der Waals surface area contributed by atoms with E-state index in [1.165, 1.54) is 0 Å². The molecule has 2 atom stereocenters. The molecule has 0 aromatic carbocycles. The number of nitrogens with one attached hydrogen (secondary N) is 1. The lowest BCUT2D eigenvalue weighted by molar-refractivity contribution is -0.119. The molecular weight excluding hydrogens is 356 g/mol. The van der Waals surface area contributed by atoms with Gasteiger partial charge in [0.25, 0.3) is 0 Å². The van der Waals surface area contributed by atoms with Crippen molar-refractivity contribution in [2.45, 2.75) is 45.8 Å². The van der Waals surface area contributed by atoms with Gasteiger partial charge in [-0.15, -0.1) is 0 Å². The first kappa shape index (κ1) is 19.9. The number of amides is 1. The lowest BCUT2D eigenvalue weighted by Gasteiger charge is -2.21. The second-order valence-corrected chi connectivity index (χ2v) is 8.14. The summed E-state index contributed by atoms with van der Waals surface area (Å²) in [5.74, 6) is 0.553. The third-order valence-corrected chi connectivity index (χ3v) is 4.85. The van der Waals surface area contributed by atoms with Gasteiger partial charge in [-0.1, -0.05) is 0 Å². The van der Waals surface area contributed by atoms with Crippen molar-refractivity contribution in [2.75, 3.05) is 19.3 Å². The van der Waals surface area contributed by atoms with E-state index in [1.54, 1.807) is 25.5 Å². The van der Waals surface area contributed by atoms with Gasteiger partial charge in [0.15, 0.2) is 0 Å². The van der Waals surface area contributed by atoms with Crippen LogP contribution in [-0.2, 0) is 10.3 Å². The van der Waals surface area contributed by atoms with Crippen LogP contribution in [-0.4, -0.2) is 46.6 Å². The molecule has 1 amide bonds. The first-order chi connectivity index (χ1) is 13.2. The summed E-state index contributed by atoms with van der Waals surface area (Å²) in [6.07, 6.45) is 5.62. The van der Waals surface area contributed by atoms with Crippen molar-refractivity contribution in [1.29, 1.82) is 0 Å². The maximum absolute atomic E-state index is 11.5. The summed E-state index contributed by atoms with van der Waals surface area (Å²) in [6.45, 7) is 8.79. The Bertz CT molecular complexity index is 897. The van der Waals surface area contributed by atoms with Crippen LogP contribution in [0.4, 0.5) is 5.69 Å². The standard InChI is InChI=1S/C20H28N6O2/c1-12(13-6-18(27)23-8-13)28-19-15(10-22-5)16(21)7-17(25-19)14-9-24-26(11-14)20(2,3)4/h7,9-13H,6,8H2,1-5H3,(H2,21,25)(H,23,27)/t12-,13-/m1/s1. The van der Waals surface area contributed by atoms with E-state index < -0.39 is 0 Å². The van der Waals surface area contributed by atoms with Crippen molar-refractivity contribution in [3.05, 3.63) is 24.0 Å². The fraction of sp³-hybridized carbons (Fsp3) is 0.500. The fourth-order valence-corrected chi connectivity index (χ4v) is 3.10. The minimum Gasteiger partial charge on any atom is -0.474 e. The molecule has 3 N–H and O–H groups in total. The third-order valence-electron chi connectivity index (χ3n) is 4.85. The van der Waals surface area contributed by atoms with Crippen molar-refractivity contribution >= 4 is 17.8 Å². The van der Waals surface area contributed by atoms with Gasteiger partial charge in [-0.3, -0.25) is 14.5 Å². The topological polar surface area (TPSA) is 107 Å². The molecule has 28 heavy (non-hydrogen) atoms. The van der Waals surface area contributed by atoms with Crippen LogP contribution in [0, 0.1) is 5.92 Å². The summed E-state index contributed by atoms with van der Waals surface area (Å²) in [4.78, 5) is 20.3. The summed E-state index contributed by atoms with van der Waals surface area (Å²) in [6, 6.07) is 1.80. The highest BCUT2D eigenvalue weighted by Crippen LogP contribution is 2.30. The molecular formula is C20H28N6O2. The molecule has 3 rings (SSSR count). The van der Waals surface area contributed by atoms with Crippen LogP contribution >= 0.6 is 0 Å². The molecule has 2 aromatic heterocycles. The zero-order valence-corrected chi connectivity index (χ0v) is 17.1. The maximum Gasteiger partial charge on any atom is 0.225 e. The van der Waals surface area contributed by atoms with Gasteiger partial charge in [-0.25, -0.2) is 4.98 Å². The van der Waals surface area contributed by atoms with E-state index >= 15 is 0 Å². The van der Waals surface area contributed by atoms with Crippen molar-refractivity contribution in [3.63, 3.8) is 0 Å². The summed E-state index contributed by atoms with van der Waals surface area (Å²) in [7, 11) is 1.67. The number of ether oxygens (including phenoxy) is 1. The predicted molar refractivity (Wildman–Crippen MR) is 110 cm³/mol. The molecule has 3 heterocycles. The van der Waals surface area contributed by atoms with Crippen LogP contribution in [0.3, 0.4) is 0 Å². The molecule has 0 saturated carbocycles. The monoisotopic (exact) mass is 384 g/mol. The number of nitrogen functional groups attached to an aromatic ring is 1. The number of aliphatic imine (C=N–C) groups is 1. The smallest absolute Gasteiger partial charge is 0.225 e. The van der Waals surface area contributed by atoms with E-state index in [0.29, 0.717) is 35.8 Å². The maximum atomic E-state index is 11.5. The number of anilines is 1. The van der Waals surface area contributed by atoms with E-state index in [0.717, 1.165) is 5.56 Å². The van der Waals surface area contributed by atoms with E-state index in [9.17, 15) is 4.79 Å². The number of nitrogens with zero attached hydrogens (tertiary/aromatic N) is 4. The van der Waals surface area contributed by atoms with Crippen LogP contribution in [0.15, 0.2) is 23.5 Å². The molecule has 150 valence electrons. The second-order valence-electron chi connectivity index (χ2n) is 8.14. The Labute approximate surface area is 165 Å². The molecule has 2 aromatic rings. The zero-order chi connectivity index (χ0) is 20.5. The molecule has 0 bridgehead atoms. The predicted octanol–water partition coefficient (Wildman–Crippen LogP) is 2.23. The molecule has 0 spiro atoms. The summed E-state index contributed by atoms with van der Waals surface area (Å²) in [5.41, 5.74) is 8.86. The summed E-state index contributed by atoms with van der Waals surface area (Å²) < 4.78 is 8.04. The molecule has 0 unspecified atom stereocenters. The van der Waals surface area contributed by atoms with Gasteiger partial charge >= 0.3 is 0 Å². The van der Waals surface area contributed by atoms with E-state index in [2.05, 4.69) is 36.2 Å². The molecule has 8 heteroatoms. The number of aromatic nitrogens is 3. The van der Waals surface area contributed by atoms with Gasteiger partial charge in [0.1, 0.15) is 6.10 Å². The number of hydrogen-bond acceptors (Lipinski definition) is 6. The minimum absolute atomic E-state index is 0.0478. The molecule has 1 saturated heterocycles. The Balaban J connectivity index is 1.95. The molecule has 1 aliphatic heterocycles. The van der Waals surface area contributed by atoms with Crippen LogP contribution in [0.5, 0.6) is 5.88 Å². The zero-order valence-electron chi connectivity index (χ0n) is 17.1. The van der Waals surface area contributed by atoms with Gasteiger partial charge in [0.05, 0.1) is 23.0 Å². The fourth-order valence-electron chi connectivity index (χ4n) is 3.10. The van der Waals surface area contributed by atoms with E-state index in [-0.39, 0.29) is 23.5 Å². The Kier molecular flexibility index (Phi) is 5.40. The first-order valence-corrected chi connectivity index (χ1v) is 9.40. The van der Waals surface area contributed by atoms with E-state index in [4.69, 9.17) is 15.5 Å². The second kappa shape index (κ2) is 7.61. The normalized spacial score (nSPS) is 18.5. The molecule has 1 aliphatic rings. The number of pyridine rings is 1. The van der Waals surface area contributed by atoms with Crippen molar-refractivity contribution < 1.29 is 9.53 Å². The average Bonchev–Trinajstić information content (AvgIpc) is 3.26. The lowest BCUT2D eigenvalue weighted by atomic mass is 10.0. The highest BCUT2D eigenvalue weighted by molar-refractivity contribution is 5.91. The van der Waals surface area contributed by atoms with Gasteiger partial charge < -0.3 is 15.8 Å². The number of carbonyl (C=O) groups is 1. The number of rotatable bonds is 5. The molecule has 0 radical (unpaired) electrons. The van der Waals surface area contributed by atoms with E-state index in [1.807, 2.05) is 17.8 Å². The summed E-state index contributed by atoms with van der Waals surface area (Å²) in [5, 5.41) is 7.28. The minimum atomic E-state index is -0.192. The molecule has 8 nitrogen and oxygen atoms in total. The van der Waals surface area contributed by atoms with Crippen LogP contribution in [0.25, 0.3) is 11.3 Å². The molecule has 0 aliphatic carbocycles. The Hall–Kier alpha value is -2.90. The number of nitrogens with two attached hydrogens (primary N) is 1. The van der Waals surface area contributed by atoms with Crippen molar-refractivity contribution in [1.82, 2.24) is 20.1 Å². The van der Waals surface area contributed by atoms with Crippen molar-refractivity contribution in [2.24, 2.45) is 10.9 Å². The first-order valence-electron chi connectivity index (χ1n) is 9.40. The van der Waals surface area contributed by atoms with Crippen molar-refractivity contribution in [3.8, 4) is 17.1 Å². The summed E-state index contributed by atoms with van der Waals surface area (Å²) >= 11 is 0.